The first kappa shape index (κ1) is 13.3. The Kier molecular flexibility index (Phi) is 4.23. The predicted octanol–water partition coefficient (Wildman–Crippen LogP) is 3.15. The molecule has 18 heavy (non-hydrogen) atoms. The number of aryl methyl sites for hydroxylation is 2. The Morgan fingerprint density at radius 1 is 1.33 bits per heavy atom. The van der Waals surface area contributed by atoms with Crippen molar-refractivity contribution in [2.75, 3.05) is 0 Å². The lowest BCUT2D eigenvalue weighted by Gasteiger charge is -2.29. The van der Waals surface area contributed by atoms with E-state index in [4.69, 9.17) is 4.74 Å². The summed E-state index contributed by atoms with van der Waals surface area (Å²) in [5, 5.41) is 9.47. The second-order valence-corrected chi connectivity index (χ2v) is 5.44. The summed E-state index contributed by atoms with van der Waals surface area (Å²) in [7, 11) is 0. The quantitative estimate of drug-likeness (QED) is 0.894. The molecule has 3 nitrogen and oxygen atoms in total. The first-order chi connectivity index (χ1) is 8.61. The number of aliphatic hydroxyl groups is 1. The monoisotopic (exact) mass is 249 g/mol. The minimum atomic E-state index is -0.00442. The molecule has 1 aromatic rings. The van der Waals surface area contributed by atoms with E-state index in [0.29, 0.717) is 11.8 Å². The molecule has 1 aromatic heterocycles. The number of nitrogens with zero attached hydrogens (tertiary/aromatic N) is 1. The number of hydrogen-bond acceptors (Lipinski definition) is 3. The number of hydrogen-bond donors (Lipinski definition) is 1. The van der Waals surface area contributed by atoms with Crippen LogP contribution in [-0.4, -0.2) is 16.2 Å². The standard InChI is InChI=1S/C15H23NO2/c1-10-6-4-5-7-14(10)18-15-13(9-17)11(2)8-12(3)16-15/h8,10,14,17H,4-7,9H2,1-3H3. The van der Waals surface area contributed by atoms with E-state index in [1.165, 1.54) is 19.3 Å². The Morgan fingerprint density at radius 3 is 2.72 bits per heavy atom. The zero-order valence-corrected chi connectivity index (χ0v) is 11.6. The summed E-state index contributed by atoms with van der Waals surface area (Å²) in [6.07, 6.45) is 5.10. The highest BCUT2D eigenvalue weighted by Gasteiger charge is 2.24. The molecule has 1 saturated carbocycles. The fourth-order valence-corrected chi connectivity index (χ4v) is 2.72. The summed E-state index contributed by atoms with van der Waals surface area (Å²) in [5.74, 6) is 1.21. The first-order valence-corrected chi connectivity index (χ1v) is 6.86. The van der Waals surface area contributed by atoms with Crippen LogP contribution in [-0.2, 0) is 6.61 Å². The van der Waals surface area contributed by atoms with Crippen molar-refractivity contribution in [2.45, 2.75) is 59.2 Å². The van der Waals surface area contributed by atoms with Crippen LogP contribution in [0.25, 0.3) is 0 Å². The molecule has 0 aliphatic heterocycles. The van der Waals surface area contributed by atoms with E-state index in [0.717, 1.165) is 23.2 Å². The van der Waals surface area contributed by atoms with Gasteiger partial charge in [0.2, 0.25) is 5.88 Å². The minimum absolute atomic E-state index is 0.00442. The molecule has 3 heteroatoms. The topological polar surface area (TPSA) is 42.4 Å². The SMILES string of the molecule is Cc1cc(C)c(CO)c(OC2CCCCC2C)n1. The smallest absolute Gasteiger partial charge is 0.219 e. The Hall–Kier alpha value is -1.09. The average Bonchev–Trinajstić information content (AvgIpc) is 2.31. The molecular formula is C15H23NO2. The highest BCUT2D eigenvalue weighted by Crippen LogP contribution is 2.30. The Bertz CT molecular complexity index is 417. The molecule has 0 aromatic carbocycles. The van der Waals surface area contributed by atoms with E-state index >= 15 is 0 Å². The van der Waals surface area contributed by atoms with Crippen LogP contribution in [0.15, 0.2) is 6.07 Å². The van der Waals surface area contributed by atoms with Gasteiger partial charge in [0.1, 0.15) is 6.10 Å². The van der Waals surface area contributed by atoms with Crippen LogP contribution in [0.3, 0.4) is 0 Å². The lowest BCUT2D eigenvalue weighted by atomic mass is 9.88. The largest absolute Gasteiger partial charge is 0.474 e. The molecule has 0 spiro atoms. The fourth-order valence-electron chi connectivity index (χ4n) is 2.72. The first-order valence-electron chi connectivity index (χ1n) is 6.86. The molecule has 2 unspecified atom stereocenters. The molecule has 0 radical (unpaired) electrons. The number of ether oxygens (including phenoxy) is 1. The number of aliphatic hydroxyl groups excluding tert-OH is 1. The molecule has 1 aliphatic carbocycles. The van der Waals surface area contributed by atoms with E-state index in [2.05, 4.69) is 11.9 Å². The van der Waals surface area contributed by atoms with Crippen molar-refractivity contribution in [3.63, 3.8) is 0 Å². The lowest BCUT2D eigenvalue weighted by Crippen LogP contribution is -2.29. The molecule has 1 N–H and O–H groups in total. The Labute approximate surface area is 109 Å². The van der Waals surface area contributed by atoms with Crippen molar-refractivity contribution in [3.8, 4) is 5.88 Å². The van der Waals surface area contributed by atoms with Gasteiger partial charge in [-0.3, -0.25) is 0 Å². The van der Waals surface area contributed by atoms with Crippen molar-refractivity contribution in [1.29, 1.82) is 0 Å². The van der Waals surface area contributed by atoms with E-state index in [-0.39, 0.29) is 12.7 Å². The van der Waals surface area contributed by atoms with Crippen molar-refractivity contribution in [1.82, 2.24) is 4.98 Å². The van der Waals surface area contributed by atoms with E-state index < -0.39 is 0 Å². The van der Waals surface area contributed by atoms with Crippen molar-refractivity contribution in [3.05, 3.63) is 22.9 Å². The third kappa shape index (κ3) is 2.83. The molecular weight excluding hydrogens is 226 g/mol. The van der Waals surface area contributed by atoms with Crippen molar-refractivity contribution >= 4 is 0 Å². The summed E-state index contributed by atoms with van der Waals surface area (Å²) in [5.41, 5.74) is 2.84. The van der Waals surface area contributed by atoms with Crippen LogP contribution < -0.4 is 4.74 Å². The number of rotatable bonds is 3. The molecule has 100 valence electrons. The van der Waals surface area contributed by atoms with Crippen LogP contribution in [0.5, 0.6) is 5.88 Å². The summed E-state index contributed by atoms with van der Waals surface area (Å²) < 4.78 is 6.08. The van der Waals surface area contributed by atoms with Crippen LogP contribution in [0.4, 0.5) is 0 Å². The summed E-state index contributed by atoms with van der Waals surface area (Å²) in [4.78, 5) is 4.45. The Morgan fingerprint density at radius 2 is 2.06 bits per heavy atom. The van der Waals surface area contributed by atoms with Gasteiger partial charge in [0.25, 0.3) is 0 Å². The molecule has 2 rings (SSSR count). The molecule has 1 fully saturated rings. The number of pyridine rings is 1. The highest BCUT2D eigenvalue weighted by atomic mass is 16.5. The van der Waals surface area contributed by atoms with Gasteiger partial charge in [-0.2, -0.15) is 0 Å². The summed E-state index contributed by atoms with van der Waals surface area (Å²) in [6, 6.07) is 1.99. The van der Waals surface area contributed by atoms with Crippen LogP contribution >= 0.6 is 0 Å². The van der Waals surface area contributed by atoms with Gasteiger partial charge >= 0.3 is 0 Å². The summed E-state index contributed by atoms with van der Waals surface area (Å²) >= 11 is 0. The van der Waals surface area contributed by atoms with Crippen LogP contribution in [0, 0.1) is 19.8 Å². The second-order valence-electron chi connectivity index (χ2n) is 5.44. The van der Waals surface area contributed by atoms with E-state index in [1.54, 1.807) is 0 Å². The molecule has 1 aliphatic rings. The second kappa shape index (κ2) is 5.70. The van der Waals surface area contributed by atoms with Gasteiger partial charge < -0.3 is 9.84 Å². The third-order valence-corrected chi connectivity index (χ3v) is 3.89. The summed E-state index contributed by atoms with van der Waals surface area (Å²) in [6.45, 7) is 6.20. The van der Waals surface area contributed by atoms with Crippen molar-refractivity contribution in [2.24, 2.45) is 5.92 Å². The fraction of sp³-hybridized carbons (Fsp3) is 0.667. The van der Waals surface area contributed by atoms with Crippen LogP contribution in [0.2, 0.25) is 0 Å². The van der Waals surface area contributed by atoms with Gasteiger partial charge in [0.05, 0.1) is 6.61 Å². The lowest BCUT2D eigenvalue weighted by molar-refractivity contribution is 0.0941. The van der Waals surface area contributed by atoms with Gasteiger partial charge in [0, 0.05) is 11.3 Å². The predicted molar refractivity (Wildman–Crippen MR) is 71.7 cm³/mol. The Balaban J connectivity index is 2.22. The molecule has 0 bridgehead atoms. The van der Waals surface area contributed by atoms with Crippen LogP contribution in [0.1, 0.15) is 49.4 Å². The van der Waals surface area contributed by atoms with E-state index in [1.807, 2.05) is 19.9 Å². The van der Waals surface area contributed by atoms with Crippen molar-refractivity contribution < 1.29 is 9.84 Å². The molecule has 1 heterocycles. The zero-order valence-electron chi connectivity index (χ0n) is 11.6. The van der Waals surface area contributed by atoms with Gasteiger partial charge in [-0.1, -0.05) is 13.3 Å². The number of aromatic nitrogens is 1. The average molecular weight is 249 g/mol. The normalized spacial score (nSPS) is 24.0. The maximum absolute atomic E-state index is 9.47. The highest BCUT2D eigenvalue weighted by molar-refractivity contribution is 5.35. The van der Waals surface area contributed by atoms with Gasteiger partial charge in [-0.25, -0.2) is 4.98 Å². The minimum Gasteiger partial charge on any atom is -0.474 e. The molecule has 2 atom stereocenters. The van der Waals surface area contributed by atoms with Gasteiger partial charge in [-0.15, -0.1) is 0 Å². The molecule has 0 amide bonds. The zero-order chi connectivity index (χ0) is 13.1. The maximum Gasteiger partial charge on any atom is 0.219 e. The molecule has 0 saturated heterocycles. The third-order valence-electron chi connectivity index (χ3n) is 3.89. The van der Waals surface area contributed by atoms with Gasteiger partial charge in [-0.05, 0) is 50.7 Å². The van der Waals surface area contributed by atoms with E-state index in [9.17, 15) is 5.11 Å². The van der Waals surface area contributed by atoms with Gasteiger partial charge in [0.15, 0.2) is 0 Å². The maximum atomic E-state index is 9.47.